The van der Waals surface area contributed by atoms with Gasteiger partial charge in [-0.2, -0.15) is 0 Å². The monoisotopic (exact) mass is 158 g/mol. The smallest absolute Gasteiger partial charge is 0.298 e. The molecule has 2 nitrogen and oxygen atoms in total. The lowest BCUT2D eigenvalue weighted by Crippen LogP contribution is -1.94. The number of carbonyl (C=O) groups excluding carboxylic acids is 1. The molecule has 0 heterocycles. The van der Waals surface area contributed by atoms with Gasteiger partial charge in [-0.25, -0.2) is 8.78 Å². The van der Waals surface area contributed by atoms with Crippen LogP contribution in [0.25, 0.3) is 0 Å². The van der Waals surface area contributed by atoms with Crippen molar-refractivity contribution in [2.75, 3.05) is 0 Å². The van der Waals surface area contributed by atoms with Gasteiger partial charge < -0.3 is 4.74 Å². The standard InChI is InChI=1S/C7H4F2O2/c8-5-2-1-3-6(9)7(5)11-4-10/h1-4H. The Labute approximate surface area is 61.4 Å². The van der Waals surface area contributed by atoms with Crippen LogP contribution in [0, 0.1) is 11.6 Å². The highest BCUT2D eigenvalue weighted by molar-refractivity contribution is 5.45. The van der Waals surface area contributed by atoms with E-state index < -0.39 is 17.4 Å². The fraction of sp³-hybridized carbons (Fsp3) is 0. The zero-order valence-electron chi connectivity index (χ0n) is 5.38. The third-order valence-electron chi connectivity index (χ3n) is 1.08. The Morgan fingerprint density at radius 2 is 1.82 bits per heavy atom. The van der Waals surface area contributed by atoms with Crippen LogP contribution in [0.3, 0.4) is 0 Å². The van der Waals surface area contributed by atoms with Crippen LogP contribution in [0.1, 0.15) is 0 Å². The van der Waals surface area contributed by atoms with Gasteiger partial charge in [0, 0.05) is 0 Å². The van der Waals surface area contributed by atoms with E-state index in [1.807, 2.05) is 0 Å². The van der Waals surface area contributed by atoms with Gasteiger partial charge in [-0.05, 0) is 12.1 Å². The molecule has 1 aromatic carbocycles. The zero-order valence-corrected chi connectivity index (χ0v) is 5.38. The lowest BCUT2D eigenvalue weighted by atomic mass is 10.3. The highest BCUT2D eigenvalue weighted by Gasteiger charge is 2.07. The molecule has 0 fully saturated rings. The second-order valence-corrected chi connectivity index (χ2v) is 1.76. The second kappa shape index (κ2) is 3.09. The van der Waals surface area contributed by atoms with Crippen molar-refractivity contribution in [3.63, 3.8) is 0 Å². The molecule has 1 aromatic rings. The average Bonchev–Trinajstić information content (AvgIpc) is 1.97. The minimum absolute atomic E-state index is 0.0263. The van der Waals surface area contributed by atoms with Gasteiger partial charge in [0.25, 0.3) is 6.47 Å². The molecule has 0 aliphatic carbocycles. The molecule has 0 amide bonds. The lowest BCUT2D eigenvalue weighted by molar-refractivity contribution is -0.121. The minimum atomic E-state index is -0.892. The predicted octanol–water partition coefficient (Wildman–Crippen LogP) is 1.50. The van der Waals surface area contributed by atoms with E-state index >= 15 is 0 Å². The summed E-state index contributed by atoms with van der Waals surface area (Å²) in [6, 6.07) is 3.19. The highest BCUT2D eigenvalue weighted by Crippen LogP contribution is 2.19. The summed E-state index contributed by atoms with van der Waals surface area (Å²) in [5, 5.41) is 0. The Morgan fingerprint density at radius 3 is 2.27 bits per heavy atom. The molecule has 0 aliphatic heterocycles. The molecule has 4 heteroatoms. The summed E-state index contributed by atoms with van der Waals surface area (Å²) in [4.78, 5) is 9.72. The Kier molecular flexibility index (Phi) is 2.15. The number of para-hydroxylation sites is 1. The summed E-state index contributed by atoms with van der Waals surface area (Å²) >= 11 is 0. The average molecular weight is 158 g/mol. The fourth-order valence-corrected chi connectivity index (χ4v) is 0.643. The highest BCUT2D eigenvalue weighted by atomic mass is 19.1. The molecule has 58 valence electrons. The van der Waals surface area contributed by atoms with Gasteiger partial charge >= 0.3 is 0 Å². The summed E-state index contributed by atoms with van der Waals surface area (Å²) in [5.74, 6) is -2.45. The maximum Gasteiger partial charge on any atom is 0.298 e. The molecule has 0 bridgehead atoms. The summed E-state index contributed by atoms with van der Waals surface area (Å²) in [6.45, 7) is -0.0263. The molecule has 0 unspecified atom stereocenters. The predicted molar refractivity (Wildman–Crippen MR) is 33.1 cm³/mol. The summed E-state index contributed by atoms with van der Waals surface area (Å²) in [6.07, 6.45) is 0. The van der Waals surface area contributed by atoms with Crippen LogP contribution in [-0.4, -0.2) is 6.47 Å². The quantitative estimate of drug-likeness (QED) is 0.609. The van der Waals surface area contributed by atoms with Crippen LogP contribution >= 0.6 is 0 Å². The number of rotatable bonds is 2. The molecule has 1 rings (SSSR count). The molecule has 0 aromatic heterocycles. The first-order valence-corrected chi connectivity index (χ1v) is 2.80. The van der Waals surface area contributed by atoms with Gasteiger partial charge in [-0.3, -0.25) is 4.79 Å². The van der Waals surface area contributed by atoms with Crippen LogP contribution < -0.4 is 4.74 Å². The maximum absolute atomic E-state index is 12.5. The summed E-state index contributed by atoms with van der Waals surface area (Å²) in [5.41, 5.74) is 0. The number of ether oxygens (including phenoxy) is 1. The third-order valence-corrected chi connectivity index (χ3v) is 1.08. The van der Waals surface area contributed by atoms with E-state index in [-0.39, 0.29) is 6.47 Å². The van der Waals surface area contributed by atoms with Crippen molar-refractivity contribution in [1.29, 1.82) is 0 Å². The Morgan fingerprint density at radius 1 is 1.27 bits per heavy atom. The van der Waals surface area contributed by atoms with Gasteiger partial charge in [0.05, 0.1) is 0 Å². The molecular formula is C7H4F2O2. The number of halogens is 2. The minimum Gasteiger partial charge on any atom is -0.422 e. The van der Waals surface area contributed by atoms with Crippen molar-refractivity contribution >= 4 is 6.47 Å². The van der Waals surface area contributed by atoms with Crippen molar-refractivity contribution in [1.82, 2.24) is 0 Å². The zero-order chi connectivity index (χ0) is 8.27. The normalized spacial score (nSPS) is 9.27. The van der Waals surface area contributed by atoms with Crippen LogP contribution in [0.15, 0.2) is 18.2 Å². The van der Waals surface area contributed by atoms with Gasteiger partial charge in [0.2, 0.25) is 5.75 Å². The number of carbonyl (C=O) groups is 1. The molecule has 0 radical (unpaired) electrons. The van der Waals surface area contributed by atoms with E-state index in [0.29, 0.717) is 0 Å². The first kappa shape index (κ1) is 7.65. The first-order valence-electron chi connectivity index (χ1n) is 2.80. The van der Waals surface area contributed by atoms with Crippen molar-refractivity contribution in [3.05, 3.63) is 29.8 Å². The van der Waals surface area contributed by atoms with Crippen molar-refractivity contribution in [2.45, 2.75) is 0 Å². The molecular weight excluding hydrogens is 154 g/mol. The van der Waals surface area contributed by atoms with E-state index in [1.165, 1.54) is 6.07 Å². The van der Waals surface area contributed by atoms with Gasteiger partial charge in [-0.1, -0.05) is 6.07 Å². The number of benzene rings is 1. The van der Waals surface area contributed by atoms with E-state index in [1.54, 1.807) is 0 Å². The van der Waals surface area contributed by atoms with E-state index in [2.05, 4.69) is 4.74 Å². The van der Waals surface area contributed by atoms with Gasteiger partial charge in [0.15, 0.2) is 11.6 Å². The summed E-state index contributed by atoms with van der Waals surface area (Å²) < 4.78 is 29.1. The second-order valence-electron chi connectivity index (χ2n) is 1.76. The van der Waals surface area contributed by atoms with Crippen molar-refractivity contribution < 1.29 is 18.3 Å². The fourth-order valence-electron chi connectivity index (χ4n) is 0.643. The van der Waals surface area contributed by atoms with Crippen LogP contribution in [0.2, 0.25) is 0 Å². The molecule has 0 N–H and O–H groups in total. The summed E-state index contributed by atoms with van der Waals surface area (Å²) in [7, 11) is 0. The van der Waals surface area contributed by atoms with E-state index in [9.17, 15) is 13.6 Å². The molecule has 0 atom stereocenters. The molecule has 0 aliphatic rings. The van der Waals surface area contributed by atoms with Crippen molar-refractivity contribution in [2.24, 2.45) is 0 Å². The molecule has 11 heavy (non-hydrogen) atoms. The lowest BCUT2D eigenvalue weighted by Gasteiger charge is -1.98. The van der Waals surface area contributed by atoms with E-state index in [4.69, 9.17) is 0 Å². The van der Waals surface area contributed by atoms with Gasteiger partial charge in [0.1, 0.15) is 0 Å². The molecule has 0 saturated heterocycles. The SMILES string of the molecule is O=COc1c(F)cccc1F. The largest absolute Gasteiger partial charge is 0.422 e. The Bertz CT molecular complexity index is 253. The van der Waals surface area contributed by atoms with Crippen LogP contribution in [-0.2, 0) is 4.79 Å². The third kappa shape index (κ3) is 1.52. The Hall–Kier alpha value is -1.45. The molecule has 0 saturated carbocycles. The van der Waals surface area contributed by atoms with Crippen molar-refractivity contribution in [3.8, 4) is 5.75 Å². The number of hydrogen-bond acceptors (Lipinski definition) is 2. The van der Waals surface area contributed by atoms with Crippen LogP contribution in [0.4, 0.5) is 8.78 Å². The molecule has 0 spiro atoms. The van der Waals surface area contributed by atoms with E-state index in [0.717, 1.165) is 12.1 Å². The topological polar surface area (TPSA) is 26.3 Å². The maximum atomic E-state index is 12.5. The van der Waals surface area contributed by atoms with Crippen LogP contribution in [0.5, 0.6) is 5.75 Å². The number of hydrogen-bond donors (Lipinski definition) is 0. The first-order chi connectivity index (χ1) is 5.25. The van der Waals surface area contributed by atoms with Gasteiger partial charge in [-0.15, -0.1) is 0 Å². The Balaban J connectivity index is 3.09.